The van der Waals surface area contributed by atoms with Gasteiger partial charge in [-0.25, -0.2) is 9.78 Å². The molecule has 2 heterocycles. The first-order valence-corrected chi connectivity index (χ1v) is 5.86. The number of hydrogen-bond acceptors (Lipinski definition) is 4. The largest absolute Gasteiger partial charge is 0.478 e. The number of nitrogens with zero attached hydrogens (tertiary/aromatic N) is 1. The molecule has 1 aromatic heterocycles. The highest BCUT2D eigenvalue weighted by atomic mass is 16.5. The van der Waals surface area contributed by atoms with Gasteiger partial charge in [-0.3, -0.25) is 4.79 Å². The molecule has 0 spiro atoms. The van der Waals surface area contributed by atoms with Crippen molar-refractivity contribution in [3.05, 3.63) is 23.9 Å². The van der Waals surface area contributed by atoms with Crippen LogP contribution in [-0.4, -0.2) is 28.1 Å². The molecule has 0 fully saturated rings. The number of carboxylic acid groups (broad SMARTS) is 1. The molecule has 0 aliphatic carbocycles. The van der Waals surface area contributed by atoms with E-state index in [0.717, 1.165) is 6.08 Å². The van der Waals surface area contributed by atoms with Crippen LogP contribution in [0.3, 0.4) is 0 Å². The first-order valence-electron chi connectivity index (χ1n) is 5.86. The lowest BCUT2D eigenvalue weighted by atomic mass is 10.1. The smallest absolute Gasteiger partial charge is 0.328 e. The summed E-state index contributed by atoms with van der Waals surface area (Å²) < 4.78 is 5.60. The predicted molar refractivity (Wildman–Crippen MR) is 68.8 cm³/mol. The van der Waals surface area contributed by atoms with Crippen molar-refractivity contribution in [2.75, 3.05) is 5.32 Å². The Kier molecular flexibility index (Phi) is 3.50. The van der Waals surface area contributed by atoms with Crippen LogP contribution in [0.2, 0.25) is 0 Å². The van der Waals surface area contributed by atoms with Crippen molar-refractivity contribution in [3.63, 3.8) is 0 Å². The Morgan fingerprint density at radius 3 is 2.95 bits per heavy atom. The number of pyridine rings is 1. The van der Waals surface area contributed by atoms with Gasteiger partial charge in [-0.05, 0) is 23.6 Å². The van der Waals surface area contributed by atoms with Crippen molar-refractivity contribution < 1.29 is 19.4 Å². The minimum atomic E-state index is -1.04. The molecule has 0 aromatic carbocycles. The number of nitrogens with one attached hydrogen (secondary N) is 1. The molecule has 0 saturated heterocycles. The van der Waals surface area contributed by atoms with E-state index in [9.17, 15) is 9.59 Å². The van der Waals surface area contributed by atoms with Gasteiger partial charge < -0.3 is 15.2 Å². The van der Waals surface area contributed by atoms with Gasteiger partial charge in [0.2, 0.25) is 0 Å². The van der Waals surface area contributed by atoms with Crippen molar-refractivity contribution in [1.29, 1.82) is 0 Å². The molecule has 2 rings (SSSR count). The minimum Gasteiger partial charge on any atom is -0.478 e. The summed E-state index contributed by atoms with van der Waals surface area (Å²) >= 11 is 0. The van der Waals surface area contributed by atoms with Crippen LogP contribution in [0, 0.1) is 5.92 Å². The normalized spacial score (nSPS) is 18.1. The number of aliphatic carboxylic acids is 1. The van der Waals surface area contributed by atoms with Crippen LogP contribution in [0.15, 0.2) is 18.3 Å². The molecule has 1 unspecified atom stereocenters. The molecule has 6 nitrogen and oxygen atoms in total. The summed E-state index contributed by atoms with van der Waals surface area (Å²) in [6, 6.07) is 1.65. The van der Waals surface area contributed by atoms with Gasteiger partial charge in [0.1, 0.15) is 0 Å². The lowest BCUT2D eigenvalue weighted by Crippen LogP contribution is -2.40. The van der Waals surface area contributed by atoms with E-state index in [-0.39, 0.29) is 11.8 Å². The van der Waals surface area contributed by atoms with Crippen molar-refractivity contribution in [2.45, 2.75) is 20.0 Å². The fourth-order valence-electron chi connectivity index (χ4n) is 1.72. The number of carbonyl (C=O) groups excluding carboxylic acids is 1. The monoisotopic (exact) mass is 262 g/mol. The number of anilines is 1. The van der Waals surface area contributed by atoms with Crippen LogP contribution < -0.4 is 10.1 Å². The summed E-state index contributed by atoms with van der Waals surface area (Å²) in [4.78, 5) is 26.2. The molecule has 19 heavy (non-hydrogen) atoms. The third kappa shape index (κ3) is 2.90. The summed E-state index contributed by atoms with van der Waals surface area (Å²) in [5.41, 5.74) is 0.597. The summed E-state index contributed by atoms with van der Waals surface area (Å²) in [6.45, 7) is 3.77. The van der Waals surface area contributed by atoms with Crippen molar-refractivity contribution in [2.24, 2.45) is 5.92 Å². The number of amides is 1. The second-order valence-electron chi connectivity index (χ2n) is 4.56. The molecule has 0 radical (unpaired) electrons. The molecular weight excluding hydrogens is 248 g/mol. The average molecular weight is 262 g/mol. The van der Waals surface area contributed by atoms with Crippen molar-refractivity contribution in [3.8, 4) is 5.75 Å². The van der Waals surface area contributed by atoms with Crippen molar-refractivity contribution >= 4 is 23.8 Å². The quantitative estimate of drug-likeness (QED) is 0.806. The number of fused-ring (bicyclic) bond motifs is 1. The average Bonchev–Trinajstić information content (AvgIpc) is 2.35. The molecule has 6 heteroatoms. The molecule has 0 bridgehead atoms. The highest BCUT2D eigenvalue weighted by Crippen LogP contribution is 2.30. The number of ether oxygens (including phenoxy) is 1. The third-order valence-corrected chi connectivity index (χ3v) is 2.65. The molecule has 0 saturated carbocycles. The second kappa shape index (κ2) is 5.09. The van der Waals surface area contributed by atoms with E-state index in [4.69, 9.17) is 9.84 Å². The number of carboxylic acids is 1. The summed E-state index contributed by atoms with van der Waals surface area (Å²) in [6.07, 6.45) is 3.34. The summed E-state index contributed by atoms with van der Waals surface area (Å²) in [5, 5.41) is 11.2. The van der Waals surface area contributed by atoms with Crippen molar-refractivity contribution in [1.82, 2.24) is 4.98 Å². The van der Waals surface area contributed by atoms with E-state index < -0.39 is 12.1 Å². The fourth-order valence-corrected chi connectivity index (χ4v) is 1.72. The van der Waals surface area contributed by atoms with Gasteiger partial charge in [0.25, 0.3) is 5.91 Å². The Balaban J connectivity index is 2.28. The highest BCUT2D eigenvalue weighted by Gasteiger charge is 2.30. The summed E-state index contributed by atoms with van der Waals surface area (Å²) in [7, 11) is 0. The zero-order valence-electron chi connectivity index (χ0n) is 10.6. The van der Waals surface area contributed by atoms with Gasteiger partial charge in [0.05, 0.1) is 0 Å². The Bertz CT molecular complexity index is 552. The van der Waals surface area contributed by atoms with E-state index in [2.05, 4.69) is 10.3 Å². The Hall–Kier alpha value is -2.37. The number of carbonyl (C=O) groups is 2. The Labute approximate surface area is 110 Å². The maximum absolute atomic E-state index is 11.7. The minimum absolute atomic E-state index is 0.0337. The van der Waals surface area contributed by atoms with Crippen LogP contribution in [-0.2, 0) is 9.59 Å². The number of hydrogen-bond donors (Lipinski definition) is 2. The number of rotatable bonds is 3. The van der Waals surface area contributed by atoms with Gasteiger partial charge in [-0.1, -0.05) is 13.8 Å². The van der Waals surface area contributed by atoms with E-state index in [1.807, 2.05) is 13.8 Å². The molecule has 1 atom stereocenters. The molecular formula is C13H14N2O4. The predicted octanol–water partition coefficient (Wildman–Crippen LogP) is 1.53. The highest BCUT2D eigenvalue weighted by molar-refractivity contribution is 5.97. The van der Waals surface area contributed by atoms with Crippen LogP contribution in [0.25, 0.3) is 6.08 Å². The van der Waals surface area contributed by atoms with Gasteiger partial charge in [0.15, 0.2) is 17.7 Å². The Morgan fingerprint density at radius 1 is 1.58 bits per heavy atom. The van der Waals surface area contributed by atoms with E-state index >= 15 is 0 Å². The van der Waals surface area contributed by atoms with E-state index in [1.165, 1.54) is 12.3 Å². The van der Waals surface area contributed by atoms with Crippen LogP contribution >= 0.6 is 0 Å². The standard InChI is InChI=1S/C13H14N2O4/c1-7(2)11-13(18)15-12-9(19-11)5-8(6-14-12)3-4-10(16)17/h3-7,11H,1-2H3,(H,16,17)(H,14,15,18)/b4-3+. The van der Waals surface area contributed by atoms with Gasteiger partial charge >= 0.3 is 5.97 Å². The first kappa shape index (κ1) is 13.1. The Morgan fingerprint density at radius 2 is 2.32 bits per heavy atom. The summed E-state index contributed by atoms with van der Waals surface area (Å²) in [5.74, 6) is -0.414. The molecule has 2 N–H and O–H groups in total. The topological polar surface area (TPSA) is 88.5 Å². The molecule has 100 valence electrons. The maximum Gasteiger partial charge on any atom is 0.328 e. The van der Waals surface area contributed by atoms with Gasteiger partial charge in [-0.15, -0.1) is 0 Å². The van der Waals surface area contributed by atoms with Gasteiger partial charge in [-0.2, -0.15) is 0 Å². The molecule has 1 aliphatic heterocycles. The lowest BCUT2D eigenvalue weighted by Gasteiger charge is -2.27. The zero-order chi connectivity index (χ0) is 14.0. The number of aromatic nitrogens is 1. The first-order chi connectivity index (χ1) is 8.97. The third-order valence-electron chi connectivity index (χ3n) is 2.65. The van der Waals surface area contributed by atoms with Gasteiger partial charge in [0, 0.05) is 12.3 Å². The SMILES string of the molecule is CC(C)C1Oc2cc(/C=C/C(=O)O)cnc2NC1=O. The van der Waals surface area contributed by atoms with E-state index in [0.29, 0.717) is 17.1 Å². The zero-order valence-corrected chi connectivity index (χ0v) is 10.6. The molecule has 1 aliphatic rings. The molecule has 1 amide bonds. The lowest BCUT2D eigenvalue weighted by molar-refractivity contribution is -0.131. The van der Waals surface area contributed by atoms with Crippen LogP contribution in [0.5, 0.6) is 5.75 Å². The molecule has 1 aromatic rings. The maximum atomic E-state index is 11.7. The van der Waals surface area contributed by atoms with E-state index in [1.54, 1.807) is 6.07 Å². The fraction of sp³-hybridized carbons (Fsp3) is 0.308. The van der Waals surface area contributed by atoms with Crippen LogP contribution in [0.4, 0.5) is 5.82 Å². The van der Waals surface area contributed by atoms with Crippen LogP contribution in [0.1, 0.15) is 19.4 Å². The second-order valence-corrected chi connectivity index (χ2v) is 4.56.